The summed E-state index contributed by atoms with van der Waals surface area (Å²) in [5.41, 5.74) is 0. The van der Waals surface area contributed by atoms with Crippen LogP contribution in [0.1, 0.15) is 58.3 Å². The Bertz CT molecular complexity index is 235. The molecule has 2 rings (SSSR count). The molecule has 3 nitrogen and oxygen atoms in total. The van der Waals surface area contributed by atoms with Crippen LogP contribution in [0.25, 0.3) is 0 Å². The summed E-state index contributed by atoms with van der Waals surface area (Å²) in [6.45, 7) is 6.21. The lowest BCUT2D eigenvalue weighted by atomic mass is 9.99. The quantitative estimate of drug-likeness (QED) is 0.709. The first-order valence-corrected chi connectivity index (χ1v) is 8.38. The molecule has 1 saturated carbocycles. The zero-order valence-electron chi connectivity index (χ0n) is 12.6. The number of nitrogens with one attached hydrogen (secondary N) is 1. The van der Waals surface area contributed by atoms with Crippen molar-refractivity contribution in [2.24, 2.45) is 5.92 Å². The highest BCUT2D eigenvalue weighted by atomic mass is 16.3. The van der Waals surface area contributed by atoms with Crippen LogP contribution in [0.3, 0.4) is 0 Å². The maximum Gasteiger partial charge on any atom is 0.0791 e. The predicted molar refractivity (Wildman–Crippen MR) is 80.3 cm³/mol. The molecule has 0 amide bonds. The summed E-state index contributed by atoms with van der Waals surface area (Å²) < 4.78 is 0. The Morgan fingerprint density at radius 2 is 1.84 bits per heavy atom. The number of rotatable bonds is 8. The first-order valence-electron chi connectivity index (χ1n) is 8.38. The summed E-state index contributed by atoms with van der Waals surface area (Å²) in [5.74, 6) is 0.985. The van der Waals surface area contributed by atoms with E-state index in [1.54, 1.807) is 0 Å². The molecule has 0 aromatic heterocycles. The number of hydrogen-bond acceptors (Lipinski definition) is 3. The molecule has 1 heterocycles. The summed E-state index contributed by atoms with van der Waals surface area (Å²) in [7, 11) is 0. The van der Waals surface area contributed by atoms with E-state index in [4.69, 9.17) is 0 Å². The predicted octanol–water partition coefficient (Wildman–Crippen LogP) is 2.39. The van der Waals surface area contributed by atoms with Gasteiger partial charge in [-0.05, 0) is 51.6 Å². The van der Waals surface area contributed by atoms with E-state index in [0.717, 1.165) is 19.0 Å². The zero-order chi connectivity index (χ0) is 13.5. The minimum absolute atomic E-state index is 0.202. The van der Waals surface area contributed by atoms with Crippen LogP contribution >= 0.6 is 0 Å². The molecule has 0 aromatic carbocycles. The average Bonchev–Trinajstić information content (AvgIpc) is 3.06. The average molecular weight is 268 g/mol. The first-order chi connectivity index (χ1) is 9.24. The number of likely N-dealkylation sites (tertiary alicyclic amines) is 1. The second kappa shape index (κ2) is 8.23. The van der Waals surface area contributed by atoms with E-state index in [0.29, 0.717) is 6.04 Å². The molecule has 1 aliphatic heterocycles. The molecule has 19 heavy (non-hydrogen) atoms. The van der Waals surface area contributed by atoms with Gasteiger partial charge in [-0.1, -0.05) is 25.7 Å². The van der Waals surface area contributed by atoms with Gasteiger partial charge >= 0.3 is 0 Å². The molecule has 0 spiro atoms. The zero-order valence-corrected chi connectivity index (χ0v) is 12.6. The van der Waals surface area contributed by atoms with Crippen LogP contribution in [0.2, 0.25) is 0 Å². The fourth-order valence-electron chi connectivity index (χ4n) is 3.55. The third-order valence-corrected chi connectivity index (χ3v) is 4.85. The lowest BCUT2D eigenvalue weighted by molar-refractivity contribution is 0.120. The van der Waals surface area contributed by atoms with Gasteiger partial charge in [-0.25, -0.2) is 0 Å². The van der Waals surface area contributed by atoms with Crippen LogP contribution in [0.5, 0.6) is 0 Å². The smallest absolute Gasteiger partial charge is 0.0791 e. The summed E-state index contributed by atoms with van der Waals surface area (Å²) in [6, 6.07) is 0.550. The molecule has 2 aliphatic rings. The minimum atomic E-state index is -0.202. The lowest BCUT2D eigenvalue weighted by Gasteiger charge is -2.22. The summed E-state index contributed by atoms with van der Waals surface area (Å²) in [6.07, 6.45) is 10.8. The fourth-order valence-corrected chi connectivity index (χ4v) is 3.55. The minimum Gasteiger partial charge on any atom is -0.390 e. The van der Waals surface area contributed by atoms with E-state index < -0.39 is 0 Å². The van der Waals surface area contributed by atoms with Gasteiger partial charge in [0.1, 0.15) is 0 Å². The van der Waals surface area contributed by atoms with Crippen molar-refractivity contribution in [3.05, 3.63) is 0 Å². The van der Waals surface area contributed by atoms with Crippen LogP contribution in [-0.2, 0) is 0 Å². The number of nitrogens with zero attached hydrogens (tertiary/aromatic N) is 1. The molecule has 2 atom stereocenters. The topological polar surface area (TPSA) is 35.5 Å². The number of hydrogen-bond donors (Lipinski definition) is 2. The van der Waals surface area contributed by atoms with E-state index >= 15 is 0 Å². The molecular formula is C16H32N2O. The Morgan fingerprint density at radius 3 is 2.53 bits per heavy atom. The van der Waals surface area contributed by atoms with Crippen molar-refractivity contribution in [1.29, 1.82) is 0 Å². The van der Waals surface area contributed by atoms with Crippen molar-refractivity contribution in [2.75, 3.05) is 26.2 Å². The Kier molecular flexibility index (Phi) is 6.62. The fraction of sp³-hybridized carbons (Fsp3) is 1.00. The molecule has 2 N–H and O–H groups in total. The molecule has 2 unspecified atom stereocenters. The monoisotopic (exact) mass is 268 g/mol. The lowest BCUT2D eigenvalue weighted by Crippen LogP contribution is -2.40. The van der Waals surface area contributed by atoms with Gasteiger partial charge in [-0.3, -0.25) is 0 Å². The Morgan fingerprint density at radius 1 is 1.16 bits per heavy atom. The van der Waals surface area contributed by atoms with Crippen molar-refractivity contribution in [1.82, 2.24) is 10.2 Å². The van der Waals surface area contributed by atoms with Crippen LogP contribution in [-0.4, -0.2) is 48.3 Å². The summed E-state index contributed by atoms with van der Waals surface area (Å²) in [4.78, 5) is 2.38. The molecule has 0 radical (unpaired) electrons. The Labute approximate surface area is 118 Å². The van der Waals surface area contributed by atoms with Gasteiger partial charge in [-0.15, -0.1) is 0 Å². The van der Waals surface area contributed by atoms with Crippen molar-refractivity contribution in [3.8, 4) is 0 Å². The largest absolute Gasteiger partial charge is 0.390 e. The maximum atomic E-state index is 10.0. The highest BCUT2D eigenvalue weighted by Gasteiger charge is 2.18. The highest BCUT2D eigenvalue weighted by molar-refractivity contribution is 4.74. The highest BCUT2D eigenvalue weighted by Crippen LogP contribution is 2.28. The van der Waals surface area contributed by atoms with E-state index in [1.165, 1.54) is 64.5 Å². The van der Waals surface area contributed by atoms with Crippen LogP contribution in [0.15, 0.2) is 0 Å². The number of aliphatic hydroxyl groups is 1. The molecular weight excluding hydrogens is 236 g/mol. The van der Waals surface area contributed by atoms with Crippen LogP contribution < -0.4 is 5.32 Å². The Balaban J connectivity index is 1.50. The SMILES string of the molecule is CC(CCC1CCCC1)NCC(O)CN1CCCC1. The maximum absolute atomic E-state index is 10.0. The summed E-state index contributed by atoms with van der Waals surface area (Å²) >= 11 is 0. The second-order valence-corrected chi connectivity index (χ2v) is 6.70. The van der Waals surface area contributed by atoms with E-state index in [9.17, 15) is 5.11 Å². The second-order valence-electron chi connectivity index (χ2n) is 6.70. The van der Waals surface area contributed by atoms with Crippen molar-refractivity contribution in [2.45, 2.75) is 70.4 Å². The first kappa shape index (κ1) is 15.3. The van der Waals surface area contributed by atoms with Crippen molar-refractivity contribution < 1.29 is 5.11 Å². The molecule has 112 valence electrons. The third kappa shape index (κ3) is 5.80. The normalized spacial score (nSPS) is 24.9. The standard InChI is InChI=1S/C16H32N2O/c1-14(8-9-15-6-2-3-7-15)17-12-16(19)13-18-10-4-5-11-18/h14-17,19H,2-13H2,1H3. The number of β-amino-alcohol motifs (C(OH)–C–C–N with tert-alkyl or cyclic N) is 1. The van der Waals surface area contributed by atoms with Gasteiger partial charge in [-0.2, -0.15) is 0 Å². The van der Waals surface area contributed by atoms with Gasteiger partial charge < -0.3 is 15.3 Å². The molecule has 1 aliphatic carbocycles. The molecule has 3 heteroatoms. The molecule has 0 bridgehead atoms. The van der Waals surface area contributed by atoms with Crippen molar-refractivity contribution >= 4 is 0 Å². The Hall–Kier alpha value is -0.120. The molecule has 2 fully saturated rings. The molecule has 0 aromatic rings. The summed E-state index contributed by atoms with van der Waals surface area (Å²) in [5, 5.41) is 13.5. The van der Waals surface area contributed by atoms with Gasteiger partial charge in [0, 0.05) is 19.1 Å². The van der Waals surface area contributed by atoms with E-state index in [2.05, 4.69) is 17.1 Å². The van der Waals surface area contributed by atoms with Gasteiger partial charge in [0.25, 0.3) is 0 Å². The van der Waals surface area contributed by atoms with Gasteiger partial charge in [0.15, 0.2) is 0 Å². The van der Waals surface area contributed by atoms with E-state index in [-0.39, 0.29) is 6.10 Å². The van der Waals surface area contributed by atoms with Crippen LogP contribution in [0.4, 0.5) is 0 Å². The van der Waals surface area contributed by atoms with Gasteiger partial charge in [0.05, 0.1) is 6.10 Å². The molecule has 1 saturated heterocycles. The third-order valence-electron chi connectivity index (χ3n) is 4.85. The van der Waals surface area contributed by atoms with E-state index in [1.807, 2.05) is 0 Å². The van der Waals surface area contributed by atoms with Crippen molar-refractivity contribution in [3.63, 3.8) is 0 Å². The number of aliphatic hydroxyl groups excluding tert-OH is 1. The van der Waals surface area contributed by atoms with Crippen LogP contribution in [0, 0.1) is 5.92 Å². The van der Waals surface area contributed by atoms with Gasteiger partial charge in [0.2, 0.25) is 0 Å².